The van der Waals surface area contributed by atoms with Gasteiger partial charge in [-0.2, -0.15) is 0 Å². The van der Waals surface area contributed by atoms with Gasteiger partial charge in [-0.1, -0.05) is 42.5 Å². The molecule has 1 N–H and O–H groups in total. The Morgan fingerprint density at radius 3 is 2.45 bits per heavy atom. The topological polar surface area (TPSA) is 59.3 Å². The summed E-state index contributed by atoms with van der Waals surface area (Å²) in [6.07, 6.45) is 0. The number of amides is 1. The first-order valence-corrected chi connectivity index (χ1v) is 7.00. The maximum atomic E-state index is 12.1. The van der Waals surface area contributed by atoms with E-state index in [1.165, 1.54) is 6.92 Å². The first kappa shape index (κ1) is 14.1. The Labute approximate surface area is 127 Å². The quantitative estimate of drug-likeness (QED) is 0.748. The van der Waals surface area contributed by atoms with Crippen LogP contribution in [0.2, 0.25) is 0 Å². The molecule has 0 aliphatic carbocycles. The highest BCUT2D eigenvalue weighted by atomic mass is 16.3. The predicted octanol–water partition coefficient (Wildman–Crippen LogP) is 3.57. The van der Waals surface area contributed by atoms with Gasteiger partial charge in [-0.25, -0.2) is 0 Å². The molecule has 0 radical (unpaired) electrons. The third-order valence-corrected chi connectivity index (χ3v) is 3.46. The summed E-state index contributed by atoms with van der Waals surface area (Å²) >= 11 is 0. The van der Waals surface area contributed by atoms with E-state index in [0.717, 1.165) is 10.9 Å². The van der Waals surface area contributed by atoms with Crippen LogP contribution in [-0.4, -0.2) is 11.7 Å². The van der Waals surface area contributed by atoms with Gasteiger partial charge in [-0.15, -0.1) is 0 Å². The Kier molecular flexibility index (Phi) is 3.74. The second-order valence-corrected chi connectivity index (χ2v) is 5.08. The Morgan fingerprint density at radius 2 is 1.77 bits per heavy atom. The Morgan fingerprint density at radius 1 is 1.05 bits per heavy atom. The standard InChI is InChI=1S/C18H15NO3/c1-12(20)14-8-6-13(7-9-14)11-19-18(21)17-10-15-4-2-3-5-16(15)22-17/h2-10H,11H2,1H3,(H,19,21). The average molecular weight is 293 g/mol. The highest BCUT2D eigenvalue weighted by Gasteiger charge is 2.11. The van der Waals surface area contributed by atoms with Crippen LogP contribution in [0.5, 0.6) is 0 Å². The van der Waals surface area contributed by atoms with Gasteiger partial charge in [0.1, 0.15) is 5.58 Å². The fourth-order valence-electron chi connectivity index (χ4n) is 2.22. The predicted molar refractivity (Wildman–Crippen MR) is 83.8 cm³/mol. The van der Waals surface area contributed by atoms with E-state index >= 15 is 0 Å². The number of ketones is 1. The van der Waals surface area contributed by atoms with Crippen molar-refractivity contribution in [2.75, 3.05) is 0 Å². The van der Waals surface area contributed by atoms with Crippen LogP contribution in [0.25, 0.3) is 11.0 Å². The van der Waals surface area contributed by atoms with Crippen LogP contribution < -0.4 is 5.32 Å². The number of carbonyl (C=O) groups excluding carboxylic acids is 2. The molecule has 3 rings (SSSR count). The zero-order valence-corrected chi connectivity index (χ0v) is 12.1. The number of carbonyl (C=O) groups is 2. The monoisotopic (exact) mass is 293 g/mol. The maximum absolute atomic E-state index is 12.1. The SMILES string of the molecule is CC(=O)c1ccc(CNC(=O)c2cc3ccccc3o2)cc1. The van der Waals surface area contributed by atoms with E-state index in [0.29, 0.717) is 23.5 Å². The van der Waals surface area contributed by atoms with Gasteiger partial charge in [0.2, 0.25) is 0 Å². The summed E-state index contributed by atoms with van der Waals surface area (Å²) < 4.78 is 5.51. The van der Waals surface area contributed by atoms with Gasteiger partial charge < -0.3 is 9.73 Å². The Balaban J connectivity index is 1.67. The summed E-state index contributed by atoms with van der Waals surface area (Å²) in [6.45, 7) is 1.91. The van der Waals surface area contributed by atoms with Crippen molar-refractivity contribution in [1.82, 2.24) is 5.32 Å². The number of nitrogens with one attached hydrogen (secondary N) is 1. The molecule has 4 nitrogen and oxygen atoms in total. The summed E-state index contributed by atoms with van der Waals surface area (Å²) in [7, 11) is 0. The highest BCUT2D eigenvalue weighted by molar-refractivity contribution is 5.96. The molecule has 1 heterocycles. The lowest BCUT2D eigenvalue weighted by Crippen LogP contribution is -2.22. The summed E-state index contributed by atoms with van der Waals surface area (Å²) in [6, 6.07) is 16.4. The van der Waals surface area contributed by atoms with Gasteiger partial charge in [0.15, 0.2) is 11.5 Å². The zero-order chi connectivity index (χ0) is 15.5. The number of benzene rings is 2. The van der Waals surface area contributed by atoms with Crippen LogP contribution in [0.15, 0.2) is 59.0 Å². The van der Waals surface area contributed by atoms with Crippen LogP contribution in [0.1, 0.15) is 33.4 Å². The van der Waals surface area contributed by atoms with Gasteiger partial charge in [0, 0.05) is 17.5 Å². The highest BCUT2D eigenvalue weighted by Crippen LogP contribution is 2.18. The molecule has 110 valence electrons. The zero-order valence-electron chi connectivity index (χ0n) is 12.1. The molecule has 3 aromatic rings. The molecule has 1 aromatic heterocycles. The van der Waals surface area contributed by atoms with Crippen LogP contribution >= 0.6 is 0 Å². The number of Topliss-reactive ketones (excluding diaryl/α,β-unsaturated/α-hetero) is 1. The van der Waals surface area contributed by atoms with E-state index in [2.05, 4.69) is 5.32 Å². The van der Waals surface area contributed by atoms with E-state index in [4.69, 9.17) is 4.42 Å². The van der Waals surface area contributed by atoms with Crippen molar-refractivity contribution in [3.8, 4) is 0 Å². The summed E-state index contributed by atoms with van der Waals surface area (Å²) in [5, 5.41) is 3.71. The van der Waals surface area contributed by atoms with Gasteiger partial charge in [0.25, 0.3) is 5.91 Å². The van der Waals surface area contributed by atoms with Crippen LogP contribution in [-0.2, 0) is 6.54 Å². The fourth-order valence-corrected chi connectivity index (χ4v) is 2.22. The number of hydrogen-bond donors (Lipinski definition) is 1. The number of fused-ring (bicyclic) bond motifs is 1. The van der Waals surface area contributed by atoms with Crippen molar-refractivity contribution in [3.05, 3.63) is 71.5 Å². The molecule has 0 fully saturated rings. The van der Waals surface area contributed by atoms with E-state index < -0.39 is 0 Å². The molecule has 22 heavy (non-hydrogen) atoms. The van der Waals surface area contributed by atoms with Gasteiger partial charge in [-0.05, 0) is 24.6 Å². The van der Waals surface area contributed by atoms with Crippen molar-refractivity contribution in [3.63, 3.8) is 0 Å². The van der Waals surface area contributed by atoms with E-state index in [1.54, 1.807) is 18.2 Å². The van der Waals surface area contributed by atoms with Gasteiger partial charge in [-0.3, -0.25) is 9.59 Å². The molecule has 0 bridgehead atoms. The third-order valence-electron chi connectivity index (χ3n) is 3.46. The first-order valence-electron chi connectivity index (χ1n) is 7.00. The molecule has 4 heteroatoms. The van der Waals surface area contributed by atoms with Crippen molar-refractivity contribution < 1.29 is 14.0 Å². The number of para-hydroxylation sites is 1. The molecule has 0 atom stereocenters. The minimum atomic E-state index is -0.258. The molecule has 0 saturated carbocycles. The Bertz CT molecular complexity index is 798. The van der Waals surface area contributed by atoms with Crippen LogP contribution in [0.3, 0.4) is 0 Å². The second kappa shape index (κ2) is 5.85. The largest absolute Gasteiger partial charge is 0.451 e. The normalized spacial score (nSPS) is 10.6. The molecule has 0 aliphatic rings. The van der Waals surface area contributed by atoms with Crippen molar-refractivity contribution >= 4 is 22.7 Å². The lowest BCUT2D eigenvalue weighted by Gasteiger charge is -2.04. The minimum absolute atomic E-state index is 0.0258. The van der Waals surface area contributed by atoms with E-state index in [-0.39, 0.29) is 11.7 Å². The minimum Gasteiger partial charge on any atom is -0.451 e. The lowest BCUT2D eigenvalue weighted by atomic mass is 10.1. The summed E-state index contributed by atoms with van der Waals surface area (Å²) in [4.78, 5) is 23.3. The lowest BCUT2D eigenvalue weighted by molar-refractivity contribution is 0.0924. The van der Waals surface area contributed by atoms with E-state index in [9.17, 15) is 9.59 Å². The van der Waals surface area contributed by atoms with E-state index in [1.807, 2.05) is 36.4 Å². The Hall–Kier alpha value is -2.88. The molecular weight excluding hydrogens is 278 g/mol. The fraction of sp³-hybridized carbons (Fsp3) is 0.111. The number of hydrogen-bond acceptors (Lipinski definition) is 3. The smallest absolute Gasteiger partial charge is 0.287 e. The van der Waals surface area contributed by atoms with Gasteiger partial charge >= 0.3 is 0 Å². The van der Waals surface area contributed by atoms with Crippen molar-refractivity contribution in [1.29, 1.82) is 0 Å². The summed E-state index contributed by atoms with van der Waals surface area (Å²) in [5.41, 5.74) is 2.28. The molecular formula is C18H15NO3. The molecule has 1 amide bonds. The molecule has 0 unspecified atom stereocenters. The van der Waals surface area contributed by atoms with Crippen LogP contribution in [0.4, 0.5) is 0 Å². The molecule has 2 aromatic carbocycles. The average Bonchev–Trinajstić information content (AvgIpc) is 2.97. The second-order valence-electron chi connectivity index (χ2n) is 5.08. The maximum Gasteiger partial charge on any atom is 0.287 e. The molecule has 0 spiro atoms. The number of rotatable bonds is 4. The van der Waals surface area contributed by atoms with Crippen molar-refractivity contribution in [2.24, 2.45) is 0 Å². The van der Waals surface area contributed by atoms with Crippen LogP contribution in [0, 0.1) is 0 Å². The van der Waals surface area contributed by atoms with Crippen molar-refractivity contribution in [2.45, 2.75) is 13.5 Å². The first-order chi connectivity index (χ1) is 10.6. The third kappa shape index (κ3) is 2.91. The number of furan rings is 1. The molecule has 0 saturated heterocycles. The van der Waals surface area contributed by atoms with Gasteiger partial charge in [0.05, 0.1) is 0 Å². The molecule has 0 aliphatic heterocycles. The summed E-state index contributed by atoms with van der Waals surface area (Å²) in [5.74, 6) is 0.0614.